The first-order valence-electron chi connectivity index (χ1n) is 32.3. The highest BCUT2D eigenvalue weighted by Crippen LogP contribution is 2.26. The number of hydrogen-bond acceptors (Lipinski definition) is 25. The van der Waals surface area contributed by atoms with Gasteiger partial charge in [0.15, 0.2) is 0 Å². The van der Waals surface area contributed by atoms with Gasteiger partial charge in [-0.2, -0.15) is 0 Å². The number of aliphatic hydroxyl groups is 2. The van der Waals surface area contributed by atoms with Crippen LogP contribution in [0, 0.1) is 5.92 Å². The molecule has 566 valence electrons. The normalized spacial score (nSPS) is 27.2. The number of benzene rings is 1. The third-order valence-corrected chi connectivity index (χ3v) is 20.8. The average Bonchev–Trinajstić information content (AvgIpc) is 0.895. The van der Waals surface area contributed by atoms with E-state index in [-0.39, 0.29) is 18.6 Å². The predicted octanol–water partition coefficient (Wildman–Crippen LogP) is -7.41. The van der Waals surface area contributed by atoms with Gasteiger partial charge in [0.05, 0.1) is 31.2 Å². The molecule has 4 heterocycles. The molecule has 15 amide bonds. The number of rotatable bonds is 18. The predicted molar refractivity (Wildman–Crippen MR) is 369 cm³/mol. The van der Waals surface area contributed by atoms with E-state index in [9.17, 15) is 107 Å². The molecule has 1 aromatic carbocycles. The Kier molecular flexibility index (Phi) is 35.3. The van der Waals surface area contributed by atoms with Crippen molar-refractivity contribution in [3.63, 3.8) is 0 Å². The first-order valence-corrected chi connectivity index (χ1v) is 37.3. The SMILES string of the molecule is CCC(C)C1NC(=O)C(CCC(=O)O)NC(=O)C(NC(=O)C(NC(=O)C(CC(N)=O)NC(=O)C2CCCN2)C(C)O)CSSCC2NC(=O)C(C)NC(=O)C(C)NC(=O)C(Cc3ccc(O)cc3)NC(=O)C(C)NC(=O)C(CSSCC(C(=O)O)NC(=O)CNC(=O)C(C(C)O)NC2=O)NC1=O. The van der Waals surface area contributed by atoms with Gasteiger partial charge < -0.3 is 111 Å². The first kappa shape index (κ1) is 85.7. The van der Waals surface area contributed by atoms with Gasteiger partial charge in [0.2, 0.25) is 88.6 Å². The maximum atomic E-state index is 14.8. The molecule has 5 rings (SSSR count). The number of nitrogens with one attached hydrogen (secondary N) is 15. The van der Waals surface area contributed by atoms with Crippen molar-refractivity contribution >= 4 is 144 Å². The summed E-state index contributed by atoms with van der Waals surface area (Å²) in [5.41, 5.74) is 5.79. The van der Waals surface area contributed by atoms with Crippen LogP contribution in [0.15, 0.2) is 24.3 Å². The van der Waals surface area contributed by atoms with Crippen LogP contribution in [0.3, 0.4) is 0 Å². The van der Waals surface area contributed by atoms with Crippen LogP contribution in [0.4, 0.5) is 0 Å². The van der Waals surface area contributed by atoms with E-state index in [0.29, 0.717) is 46.5 Å². The van der Waals surface area contributed by atoms with E-state index >= 15 is 0 Å². The number of carbonyl (C=O) groups is 17. The van der Waals surface area contributed by atoms with Crippen LogP contribution in [0.1, 0.15) is 92.6 Å². The van der Waals surface area contributed by atoms with E-state index in [4.69, 9.17) is 5.73 Å². The largest absolute Gasteiger partial charge is 0.508 e. The molecule has 0 saturated carbocycles. The molecule has 42 heteroatoms. The number of primary amides is 1. The summed E-state index contributed by atoms with van der Waals surface area (Å²) >= 11 is 0. The molecule has 4 fully saturated rings. The highest BCUT2D eigenvalue weighted by atomic mass is 33.1. The Labute approximate surface area is 601 Å². The second-order valence-corrected chi connectivity index (χ2v) is 29.4. The van der Waals surface area contributed by atoms with Crippen molar-refractivity contribution in [3.8, 4) is 5.75 Å². The van der Waals surface area contributed by atoms with Gasteiger partial charge in [-0.25, -0.2) is 4.79 Å². The number of fused-ring (bicyclic) bond motifs is 37. The van der Waals surface area contributed by atoms with E-state index in [2.05, 4.69) is 79.8 Å². The standard InChI is InChI=1S/C60H90N16O22S4/c1-8-25(2)44-58(95)72-37-21-101-102-24-40(60(97)98)67-42(81)20-63-57(94)45(29(6)77)75-56(93)39(71-49(86)27(4)64-47(84)26(3)65-52(89)35(18-31-11-13-32(79)14-12-31)69-48(85)28(5)66-54(37)91)23-100-99-22-38(55(92)68-34(51(88)74-44)15-16-43(82)83)73-59(96)46(30(7)78)76-53(90)36(19-41(61)80)70-50(87)33-10-9-17-62-33/h11-14,25-30,33-40,44-46,62,77-79H,8-10,15-24H2,1-7H3,(H2,61,80)(H,63,94)(H,64,84)(H,65,89)(H,66,91)(H,67,81)(H,68,92)(H,69,85)(H,70,87)(H,71,86)(H,72,95)(H,73,96)(H,74,88)(H,75,93)(H,76,90)(H,82,83)(H,97,98). The summed E-state index contributed by atoms with van der Waals surface area (Å²) in [6.07, 6.45) is -5.15. The van der Waals surface area contributed by atoms with E-state index in [1.165, 1.54) is 45.0 Å². The number of carboxylic acid groups (broad SMARTS) is 2. The molecule has 4 saturated heterocycles. The van der Waals surface area contributed by atoms with E-state index in [1.54, 1.807) is 6.92 Å². The summed E-state index contributed by atoms with van der Waals surface area (Å²) in [6, 6.07) is -17.9. The minimum Gasteiger partial charge on any atom is -0.508 e. The summed E-state index contributed by atoms with van der Waals surface area (Å²) < 4.78 is 0. The minimum absolute atomic E-state index is 0.112. The van der Waals surface area contributed by atoms with Gasteiger partial charge in [-0.3, -0.25) is 76.7 Å². The molecule has 0 aliphatic carbocycles. The quantitative estimate of drug-likeness (QED) is 0.0480. The van der Waals surface area contributed by atoms with Gasteiger partial charge in [0, 0.05) is 35.9 Å². The zero-order valence-electron chi connectivity index (χ0n) is 56.7. The monoisotopic (exact) mass is 1510 g/mol. The fourth-order valence-corrected chi connectivity index (χ4v) is 14.4. The minimum atomic E-state index is -2.02. The number of phenolic OH excluding ortho intramolecular Hbond substituents is 1. The highest BCUT2D eigenvalue weighted by Gasteiger charge is 2.40. The van der Waals surface area contributed by atoms with Crippen LogP contribution in [-0.4, -0.2) is 259 Å². The molecular formula is C60H90N16O22S4. The smallest absolute Gasteiger partial charge is 0.327 e. The molecule has 17 atom stereocenters. The zero-order valence-corrected chi connectivity index (χ0v) is 60.0. The lowest BCUT2D eigenvalue weighted by molar-refractivity contribution is -0.141. The van der Waals surface area contributed by atoms with Crippen molar-refractivity contribution in [2.24, 2.45) is 11.7 Å². The molecule has 102 heavy (non-hydrogen) atoms. The molecule has 38 nitrogen and oxygen atoms in total. The molecule has 4 aliphatic rings. The Morgan fingerprint density at radius 2 is 1.12 bits per heavy atom. The lowest BCUT2D eigenvalue weighted by atomic mass is 9.97. The number of phenols is 1. The van der Waals surface area contributed by atoms with E-state index in [0.717, 1.165) is 42.4 Å². The molecular weight excluding hydrogens is 1430 g/mol. The third kappa shape index (κ3) is 28.3. The van der Waals surface area contributed by atoms with Crippen molar-refractivity contribution in [1.29, 1.82) is 0 Å². The maximum absolute atomic E-state index is 14.8. The van der Waals surface area contributed by atoms with Crippen molar-refractivity contribution in [1.82, 2.24) is 79.8 Å². The second kappa shape index (κ2) is 42.0. The third-order valence-electron chi connectivity index (χ3n) is 15.9. The molecule has 0 aromatic heterocycles. The summed E-state index contributed by atoms with van der Waals surface area (Å²) in [6.45, 7) is 8.30. The van der Waals surface area contributed by atoms with Crippen LogP contribution >= 0.6 is 43.2 Å². The van der Waals surface area contributed by atoms with Crippen LogP contribution in [0.2, 0.25) is 0 Å². The summed E-state index contributed by atoms with van der Waals surface area (Å²) in [5, 5.41) is 88.1. The fourth-order valence-electron chi connectivity index (χ4n) is 9.74. The van der Waals surface area contributed by atoms with Crippen molar-refractivity contribution in [2.75, 3.05) is 36.1 Å². The van der Waals surface area contributed by atoms with Crippen LogP contribution in [0.25, 0.3) is 0 Å². The number of carboxylic acids is 2. The maximum Gasteiger partial charge on any atom is 0.327 e. The number of carbonyl (C=O) groups excluding carboxylic acids is 15. The molecule has 17 unspecified atom stereocenters. The number of aliphatic hydroxyl groups excluding tert-OH is 2. The molecule has 2 bridgehead atoms. The molecule has 0 radical (unpaired) electrons. The number of aliphatic carboxylic acids is 2. The number of amides is 15. The van der Waals surface area contributed by atoms with Gasteiger partial charge >= 0.3 is 11.9 Å². The van der Waals surface area contributed by atoms with Gasteiger partial charge in [0.25, 0.3) is 0 Å². The highest BCUT2D eigenvalue weighted by molar-refractivity contribution is 8.77. The topological polar surface area (TPSA) is 598 Å². The van der Waals surface area contributed by atoms with Gasteiger partial charge in [-0.15, -0.1) is 0 Å². The lowest BCUT2D eigenvalue weighted by Gasteiger charge is -2.30. The summed E-state index contributed by atoms with van der Waals surface area (Å²) in [7, 11) is 2.85. The Hall–Kier alpha value is -8.71. The Morgan fingerprint density at radius 1 is 0.588 bits per heavy atom. The Morgan fingerprint density at radius 3 is 1.68 bits per heavy atom. The van der Waals surface area contributed by atoms with Crippen LogP contribution < -0.4 is 85.5 Å². The number of nitrogens with two attached hydrogens (primary N) is 1. The first-order chi connectivity index (χ1) is 48.0. The van der Waals surface area contributed by atoms with E-state index < -0.39 is 252 Å². The van der Waals surface area contributed by atoms with Gasteiger partial charge in [-0.05, 0) is 84.0 Å². The van der Waals surface area contributed by atoms with Crippen LogP contribution in [-0.2, 0) is 87.9 Å². The zero-order chi connectivity index (χ0) is 76.2. The van der Waals surface area contributed by atoms with Crippen LogP contribution in [0.5, 0.6) is 5.75 Å². The van der Waals surface area contributed by atoms with Crippen molar-refractivity contribution in [2.45, 2.75) is 190 Å². The summed E-state index contributed by atoms with van der Waals surface area (Å²) in [4.78, 5) is 235. The van der Waals surface area contributed by atoms with E-state index in [1.807, 2.05) is 0 Å². The fraction of sp³-hybridized carbons (Fsp3) is 0.617. The van der Waals surface area contributed by atoms with Gasteiger partial charge in [0.1, 0.15) is 84.3 Å². The molecule has 22 N–H and O–H groups in total. The average molecular weight is 1520 g/mol. The molecule has 0 spiro atoms. The molecule has 1 aromatic rings. The summed E-state index contributed by atoms with van der Waals surface area (Å²) in [5.74, 6) is -22.9. The Balaban J connectivity index is 1.94. The Bertz CT molecular complexity index is 3230. The molecule has 4 aliphatic heterocycles. The lowest BCUT2D eigenvalue weighted by Crippen LogP contribution is -2.62. The van der Waals surface area contributed by atoms with Crippen molar-refractivity contribution in [3.05, 3.63) is 29.8 Å². The number of aromatic hydroxyl groups is 1. The van der Waals surface area contributed by atoms with Gasteiger partial charge in [-0.1, -0.05) is 75.6 Å². The van der Waals surface area contributed by atoms with Crippen molar-refractivity contribution < 1.29 is 107 Å². The number of hydrogen-bond donors (Lipinski definition) is 21. The second-order valence-electron chi connectivity index (χ2n) is 24.3.